The molecular weight excluding hydrogens is 290 g/mol. The molecule has 1 N–H and O–H groups in total. The van der Waals surface area contributed by atoms with Crippen LogP contribution >= 0.6 is 0 Å². The van der Waals surface area contributed by atoms with Gasteiger partial charge in [-0.05, 0) is 31.2 Å². The average Bonchev–Trinajstić information content (AvgIpc) is 2.60. The molecule has 0 aliphatic heterocycles. The van der Waals surface area contributed by atoms with Gasteiger partial charge in [-0.1, -0.05) is 49.6 Å². The number of hydrogen-bond donors (Lipinski definition) is 1. The molecule has 0 heterocycles. The van der Waals surface area contributed by atoms with Crippen molar-refractivity contribution in [3.05, 3.63) is 35.9 Å². The Kier molecular flexibility index (Phi) is 7.56. The predicted octanol–water partition coefficient (Wildman–Crippen LogP) is 3.48. The maximum atomic E-state index is 12.5. The molecule has 0 saturated heterocycles. The van der Waals surface area contributed by atoms with Gasteiger partial charge in [0.25, 0.3) is 0 Å². The number of nitrogens with one attached hydrogen (secondary N) is 1. The summed E-state index contributed by atoms with van der Waals surface area (Å²) in [7, 11) is 1.69. The first-order chi connectivity index (χ1) is 11.3. The van der Waals surface area contributed by atoms with Gasteiger partial charge >= 0.3 is 5.97 Å². The van der Waals surface area contributed by atoms with Gasteiger partial charge in [0.05, 0.1) is 19.3 Å². The first kappa shape index (κ1) is 18.0. The molecule has 4 heteroatoms. The molecule has 0 amide bonds. The molecule has 23 heavy (non-hydrogen) atoms. The number of benzene rings is 1. The zero-order valence-corrected chi connectivity index (χ0v) is 14.3. The summed E-state index contributed by atoms with van der Waals surface area (Å²) in [6.07, 6.45) is 5.84. The molecule has 2 atom stereocenters. The van der Waals surface area contributed by atoms with Crippen LogP contribution in [0.5, 0.6) is 0 Å². The van der Waals surface area contributed by atoms with Gasteiger partial charge in [0.15, 0.2) is 0 Å². The highest BCUT2D eigenvalue weighted by molar-refractivity contribution is 5.76. The lowest BCUT2D eigenvalue weighted by molar-refractivity contribution is -0.148. The van der Waals surface area contributed by atoms with Crippen molar-refractivity contribution in [1.82, 2.24) is 5.32 Å². The van der Waals surface area contributed by atoms with Crippen LogP contribution in [0.1, 0.15) is 50.6 Å². The molecular formula is C19H29NO3. The number of methoxy groups -OCH3 is 1. The second kappa shape index (κ2) is 9.68. The van der Waals surface area contributed by atoms with Crippen LogP contribution in [0.25, 0.3) is 0 Å². The molecule has 2 rings (SSSR count). The zero-order valence-electron chi connectivity index (χ0n) is 14.3. The quantitative estimate of drug-likeness (QED) is 0.745. The minimum atomic E-state index is -0.254. The van der Waals surface area contributed by atoms with Crippen molar-refractivity contribution in [2.75, 3.05) is 20.3 Å². The SMILES string of the molecule is CCOC(=O)[C@H](N[C@@H](COC)c1ccccc1)C1CCCCC1. The van der Waals surface area contributed by atoms with Crippen LogP contribution in [0.15, 0.2) is 30.3 Å². The summed E-state index contributed by atoms with van der Waals surface area (Å²) < 4.78 is 10.7. The summed E-state index contributed by atoms with van der Waals surface area (Å²) in [5.41, 5.74) is 1.14. The summed E-state index contributed by atoms with van der Waals surface area (Å²) in [6.45, 7) is 2.82. The first-order valence-electron chi connectivity index (χ1n) is 8.72. The lowest BCUT2D eigenvalue weighted by Gasteiger charge is -2.32. The van der Waals surface area contributed by atoms with E-state index < -0.39 is 0 Å². The highest BCUT2D eigenvalue weighted by Crippen LogP contribution is 2.28. The van der Waals surface area contributed by atoms with Crippen molar-refractivity contribution in [1.29, 1.82) is 0 Å². The number of carbonyl (C=O) groups excluding carboxylic acids is 1. The van der Waals surface area contributed by atoms with Crippen molar-refractivity contribution >= 4 is 5.97 Å². The van der Waals surface area contributed by atoms with E-state index in [0.29, 0.717) is 19.1 Å². The number of hydrogen-bond acceptors (Lipinski definition) is 4. The molecule has 1 saturated carbocycles. The Morgan fingerprint density at radius 2 is 1.91 bits per heavy atom. The van der Waals surface area contributed by atoms with Crippen LogP contribution in [-0.4, -0.2) is 32.3 Å². The summed E-state index contributed by atoms with van der Waals surface area (Å²) in [5, 5.41) is 3.53. The largest absolute Gasteiger partial charge is 0.465 e. The maximum Gasteiger partial charge on any atom is 0.323 e. The molecule has 0 unspecified atom stereocenters. The van der Waals surface area contributed by atoms with Crippen LogP contribution in [0.4, 0.5) is 0 Å². The van der Waals surface area contributed by atoms with E-state index in [2.05, 4.69) is 17.4 Å². The van der Waals surface area contributed by atoms with Crippen LogP contribution in [0, 0.1) is 5.92 Å². The van der Waals surface area contributed by atoms with E-state index in [4.69, 9.17) is 9.47 Å². The van der Waals surface area contributed by atoms with E-state index >= 15 is 0 Å². The van der Waals surface area contributed by atoms with E-state index in [9.17, 15) is 4.79 Å². The fourth-order valence-corrected chi connectivity index (χ4v) is 3.41. The topological polar surface area (TPSA) is 47.6 Å². The third kappa shape index (κ3) is 5.33. The molecule has 1 fully saturated rings. The van der Waals surface area contributed by atoms with Gasteiger partial charge in [-0.2, -0.15) is 0 Å². The third-order valence-electron chi connectivity index (χ3n) is 4.58. The molecule has 1 aromatic carbocycles. The normalized spacial score (nSPS) is 18.3. The van der Waals surface area contributed by atoms with E-state index in [1.807, 2.05) is 25.1 Å². The predicted molar refractivity (Wildman–Crippen MR) is 91.2 cm³/mol. The standard InChI is InChI=1S/C19H29NO3/c1-3-23-19(21)18(16-12-8-5-9-13-16)20-17(14-22-2)15-10-6-4-7-11-15/h4,6-7,10-11,16-18,20H,3,5,8-9,12-14H2,1-2H3/t17-,18+/m0/s1. The Labute approximate surface area is 139 Å². The van der Waals surface area contributed by atoms with Gasteiger partial charge in [0.1, 0.15) is 6.04 Å². The summed E-state index contributed by atoms with van der Waals surface area (Å²) in [6, 6.07) is 9.91. The van der Waals surface area contributed by atoms with Gasteiger partial charge in [-0.15, -0.1) is 0 Å². The average molecular weight is 319 g/mol. The van der Waals surface area contributed by atoms with Crippen molar-refractivity contribution < 1.29 is 14.3 Å². The van der Waals surface area contributed by atoms with Crippen LogP contribution < -0.4 is 5.32 Å². The smallest absolute Gasteiger partial charge is 0.323 e. The molecule has 0 aromatic heterocycles. The Morgan fingerprint density at radius 1 is 1.22 bits per heavy atom. The second-order valence-electron chi connectivity index (χ2n) is 6.21. The van der Waals surface area contributed by atoms with E-state index in [1.165, 1.54) is 19.3 Å². The fraction of sp³-hybridized carbons (Fsp3) is 0.632. The monoisotopic (exact) mass is 319 g/mol. The molecule has 1 aliphatic rings. The Hall–Kier alpha value is -1.39. The molecule has 0 radical (unpaired) electrons. The maximum absolute atomic E-state index is 12.5. The Bertz CT molecular complexity index is 457. The van der Waals surface area contributed by atoms with Crippen LogP contribution in [0.3, 0.4) is 0 Å². The summed E-state index contributed by atoms with van der Waals surface area (Å²) in [5.74, 6) is 0.224. The minimum absolute atomic E-state index is 0.00228. The summed E-state index contributed by atoms with van der Waals surface area (Å²) in [4.78, 5) is 12.5. The van der Waals surface area contributed by atoms with Crippen molar-refractivity contribution in [2.45, 2.75) is 51.1 Å². The number of ether oxygens (including phenoxy) is 2. The lowest BCUT2D eigenvalue weighted by Crippen LogP contribution is -2.47. The van der Waals surface area contributed by atoms with Crippen molar-refractivity contribution in [2.24, 2.45) is 5.92 Å². The van der Waals surface area contributed by atoms with Gasteiger partial charge in [-0.25, -0.2) is 0 Å². The third-order valence-corrected chi connectivity index (χ3v) is 4.58. The Balaban J connectivity index is 2.13. The summed E-state index contributed by atoms with van der Waals surface area (Å²) >= 11 is 0. The van der Waals surface area contributed by atoms with E-state index in [-0.39, 0.29) is 18.1 Å². The highest BCUT2D eigenvalue weighted by Gasteiger charge is 2.32. The molecule has 0 bridgehead atoms. The number of rotatable bonds is 8. The van der Waals surface area contributed by atoms with Crippen molar-refractivity contribution in [3.8, 4) is 0 Å². The minimum Gasteiger partial charge on any atom is -0.465 e. The molecule has 1 aliphatic carbocycles. The highest BCUT2D eigenvalue weighted by atomic mass is 16.5. The second-order valence-corrected chi connectivity index (χ2v) is 6.21. The van der Waals surface area contributed by atoms with Crippen molar-refractivity contribution in [3.63, 3.8) is 0 Å². The van der Waals surface area contributed by atoms with Gasteiger partial charge in [0.2, 0.25) is 0 Å². The van der Waals surface area contributed by atoms with Crippen LogP contribution in [-0.2, 0) is 14.3 Å². The lowest BCUT2D eigenvalue weighted by atomic mass is 9.83. The van der Waals surface area contributed by atoms with E-state index in [0.717, 1.165) is 18.4 Å². The van der Waals surface area contributed by atoms with Crippen LogP contribution in [0.2, 0.25) is 0 Å². The molecule has 128 valence electrons. The number of esters is 1. The molecule has 1 aromatic rings. The fourth-order valence-electron chi connectivity index (χ4n) is 3.41. The van der Waals surface area contributed by atoms with Gasteiger partial charge < -0.3 is 9.47 Å². The Morgan fingerprint density at radius 3 is 2.52 bits per heavy atom. The molecule has 0 spiro atoms. The zero-order chi connectivity index (χ0) is 16.5. The number of carbonyl (C=O) groups is 1. The molecule has 4 nitrogen and oxygen atoms in total. The van der Waals surface area contributed by atoms with Gasteiger partial charge in [-0.3, -0.25) is 10.1 Å². The van der Waals surface area contributed by atoms with E-state index in [1.54, 1.807) is 7.11 Å². The van der Waals surface area contributed by atoms with Gasteiger partial charge in [0, 0.05) is 7.11 Å². The first-order valence-corrected chi connectivity index (χ1v) is 8.72.